The molecule has 1 aliphatic heterocycles. The molecule has 1 N–H and O–H groups in total. The van der Waals surface area contributed by atoms with Crippen LogP contribution in [0.3, 0.4) is 0 Å². The Kier molecular flexibility index (Phi) is 7.41. The van der Waals surface area contributed by atoms with Crippen LogP contribution in [-0.4, -0.2) is 44.6 Å². The van der Waals surface area contributed by atoms with Crippen molar-refractivity contribution in [3.05, 3.63) is 33.8 Å². The van der Waals surface area contributed by atoms with Crippen LogP contribution >= 0.6 is 23.2 Å². The molecule has 0 spiro atoms. The molecule has 0 saturated carbocycles. The lowest BCUT2D eigenvalue weighted by Crippen LogP contribution is -2.43. The first-order valence-corrected chi connectivity index (χ1v) is 11.3. The van der Waals surface area contributed by atoms with Crippen LogP contribution < -0.4 is 4.72 Å². The summed E-state index contributed by atoms with van der Waals surface area (Å²) < 4.78 is 32.7. The zero-order valence-corrected chi connectivity index (χ0v) is 18.1. The van der Waals surface area contributed by atoms with E-state index in [0.29, 0.717) is 35.2 Å². The molecular weight excluding hydrogens is 411 g/mol. The fraction of sp³-hybridized carbons (Fsp3) is 0.611. The van der Waals surface area contributed by atoms with E-state index < -0.39 is 15.6 Å². The van der Waals surface area contributed by atoms with Crippen LogP contribution in [0, 0.1) is 5.92 Å². The predicted molar refractivity (Wildman–Crippen MR) is 108 cm³/mol. The molecule has 0 unspecified atom stereocenters. The average Bonchev–Trinajstić information content (AvgIpc) is 2.55. The molecule has 0 aromatic heterocycles. The summed E-state index contributed by atoms with van der Waals surface area (Å²) in [5, 5.41) is 0.814. The van der Waals surface area contributed by atoms with Crippen molar-refractivity contribution in [3.8, 4) is 0 Å². The monoisotopic (exact) mass is 436 g/mol. The minimum absolute atomic E-state index is 0.174. The largest absolute Gasteiger partial charge is 0.444 e. The molecular formula is C18H26Cl2N2O4S. The number of hydrogen-bond donors (Lipinski definition) is 1. The van der Waals surface area contributed by atoms with E-state index in [4.69, 9.17) is 27.9 Å². The molecule has 1 aliphatic rings. The molecule has 1 aromatic carbocycles. The molecule has 27 heavy (non-hydrogen) atoms. The molecule has 1 aromatic rings. The zero-order chi connectivity index (χ0) is 20.2. The lowest BCUT2D eigenvalue weighted by atomic mass is 9.97. The van der Waals surface area contributed by atoms with Crippen molar-refractivity contribution in [3.63, 3.8) is 0 Å². The van der Waals surface area contributed by atoms with E-state index in [1.165, 1.54) is 0 Å². The number of ether oxygens (including phenoxy) is 1. The van der Waals surface area contributed by atoms with E-state index in [-0.39, 0.29) is 17.8 Å². The highest BCUT2D eigenvalue weighted by atomic mass is 35.5. The lowest BCUT2D eigenvalue weighted by molar-refractivity contribution is 0.0185. The van der Waals surface area contributed by atoms with E-state index in [1.54, 1.807) is 23.1 Å². The maximum atomic E-state index is 12.3. The molecule has 0 atom stereocenters. The minimum atomic E-state index is -3.53. The summed E-state index contributed by atoms with van der Waals surface area (Å²) >= 11 is 11.9. The number of amides is 1. The van der Waals surface area contributed by atoms with Gasteiger partial charge in [0.25, 0.3) is 0 Å². The predicted octanol–water partition coefficient (Wildman–Crippen LogP) is 4.06. The Morgan fingerprint density at radius 3 is 2.48 bits per heavy atom. The van der Waals surface area contributed by atoms with Gasteiger partial charge in [0.2, 0.25) is 10.0 Å². The first-order chi connectivity index (χ1) is 12.5. The zero-order valence-electron chi connectivity index (χ0n) is 15.8. The summed E-state index contributed by atoms with van der Waals surface area (Å²) in [6.45, 7) is 6.95. The third-order valence-corrected chi connectivity index (χ3v) is 6.11. The van der Waals surface area contributed by atoms with Crippen molar-refractivity contribution in [2.24, 2.45) is 5.92 Å². The van der Waals surface area contributed by atoms with Crippen LogP contribution in [0.5, 0.6) is 0 Å². The van der Waals surface area contributed by atoms with E-state index in [1.807, 2.05) is 20.8 Å². The molecule has 0 aliphatic carbocycles. The van der Waals surface area contributed by atoms with Crippen molar-refractivity contribution < 1.29 is 17.9 Å². The van der Waals surface area contributed by atoms with Gasteiger partial charge in [-0.1, -0.05) is 23.2 Å². The minimum Gasteiger partial charge on any atom is -0.444 e. The number of likely N-dealkylation sites (tertiary alicyclic amines) is 1. The molecule has 6 nitrogen and oxygen atoms in total. The van der Waals surface area contributed by atoms with Gasteiger partial charge in [-0.2, -0.15) is 0 Å². The number of piperidine rings is 1. The first-order valence-electron chi connectivity index (χ1n) is 8.84. The van der Waals surface area contributed by atoms with Crippen molar-refractivity contribution in [2.45, 2.75) is 45.0 Å². The normalized spacial score (nSPS) is 16.4. The standard InChI is InChI=1S/C18H26Cl2N2O4S/c1-18(2,3)26-17(23)22-8-6-13(7-9-22)11-21-27(24,25)12-14-10-15(19)4-5-16(14)20/h4-5,10,13,21H,6-9,11-12H2,1-3H3. The topological polar surface area (TPSA) is 75.7 Å². The highest BCUT2D eigenvalue weighted by Crippen LogP contribution is 2.23. The van der Waals surface area contributed by atoms with Crippen molar-refractivity contribution in [1.82, 2.24) is 9.62 Å². The van der Waals surface area contributed by atoms with Gasteiger partial charge in [-0.05, 0) is 63.3 Å². The number of sulfonamides is 1. The van der Waals surface area contributed by atoms with Crippen LogP contribution in [0.4, 0.5) is 4.79 Å². The number of rotatable bonds is 5. The Hall–Kier alpha value is -1.02. The number of benzene rings is 1. The highest BCUT2D eigenvalue weighted by Gasteiger charge is 2.27. The Morgan fingerprint density at radius 1 is 1.26 bits per heavy atom. The third kappa shape index (κ3) is 7.49. The van der Waals surface area contributed by atoms with Gasteiger partial charge in [0.1, 0.15) is 5.60 Å². The number of carbonyl (C=O) groups excluding carboxylic acids is 1. The van der Waals surface area contributed by atoms with Crippen LogP contribution in [0.15, 0.2) is 18.2 Å². The summed E-state index contributed by atoms with van der Waals surface area (Å²) in [7, 11) is -3.53. The van der Waals surface area contributed by atoms with Gasteiger partial charge >= 0.3 is 6.09 Å². The second-order valence-electron chi connectivity index (χ2n) is 7.75. The molecule has 9 heteroatoms. The van der Waals surface area contributed by atoms with Crippen molar-refractivity contribution in [1.29, 1.82) is 0 Å². The second kappa shape index (κ2) is 8.99. The van der Waals surface area contributed by atoms with E-state index in [0.717, 1.165) is 12.8 Å². The Bertz CT molecular complexity index is 770. The Balaban J connectivity index is 1.82. The van der Waals surface area contributed by atoms with Crippen LogP contribution in [0.2, 0.25) is 10.0 Å². The van der Waals surface area contributed by atoms with Gasteiger partial charge in [-0.3, -0.25) is 0 Å². The molecule has 1 fully saturated rings. The van der Waals surface area contributed by atoms with Crippen LogP contribution in [0.1, 0.15) is 39.2 Å². The number of nitrogens with one attached hydrogen (secondary N) is 1. The Labute approximate surface area is 171 Å². The first kappa shape index (κ1) is 22.3. The van der Waals surface area contributed by atoms with Gasteiger partial charge < -0.3 is 9.64 Å². The van der Waals surface area contributed by atoms with E-state index in [9.17, 15) is 13.2 Å². The summed E-state index contributed by atoms with van der Waals surface area (Å²) in [5.41, 5.74) is -0.0537. The molecule has 0 radical (unpaired) electrons. The van der Waals surface area contributed by atoms with Gasteiger partial charge in [0.15, 0.2) is 0 Å². The van der Waals surface area contributed by atoms with Gasteiger partial charge in [-0.15, -0.1) is 0 Å². The van der Waals surface area contributed by atoms with Crippen molar-refractivity contribution in [2.75, 3.05) is 19.6 Å². The van der Waals surface area contributed by atoms with Gasteiger partial charge in [0, 0.05) is 29.7 Å². The average molecular weight is 437 g/mol. The van der Waals surface area contributed by atoms with Crippen molar-refractivity contribution >= 4 is 39.3 Å². The second-order valence-corrected chi connectivity index (χ2v) is 10.4. The van der Waals surface area contributed by atoms with Crippen LogP contribution in [-0.2, 0) is 20.5 Å². The SMILES string of the molecule is CC(C)(C)OC(=O)N1CCC(CNS(=O)(=O)Cc2cc(Cl)ccc2Cl)CC1. The maximum absolute atomic E-state index is 12.3. The number of carbonyl (C=O) groups is 1. The number of hydrogen-bond acceptors (Lipinski definition) is 4. The molecule has 1 amide bonds. The lowest BCUT2D eigenvalue weighted by Gasteiger charge is -2.33. The number of halogens is 2. The fourth-order valence-corrected chi connectivity index (χ4v) is 4.50. The van der Waals surface area contributed by atoms with E-state index in [2.05, 4.69) is 4.72 Å². The fourth-order valence-electron chi connectivity index (χ4n) is 2.80. The summed E-state index contributed by atoms with van der Waals surface area (Å²) in [6, 6.07) is 4.76. The summed E-state index contributed by atoms with van der Waals surface area (Å²) in [4.78, 5) is 13.7. The molecule has 1 heterocycles. The highest BCUT2D eigenvalue weighted by molar-refractivity contribution is 7.88. The molecule has 152 valence electrons. The summed E-state index contributed by atoms with van der Waals surface area (Å²) in [5.74, 6) is -0.0448. The maximum Gasteiger partial charge on any atom is 0.410 e. The molecule has 2 rings (SSSR count). The van der Waals surface area contributed by atoms with Gasteiger partial charge in [0.05, 0.1) is 5.75 Å². The smallest absolute Gasteiger partial charge is 0.410 e. The molecule has 0 bridgehead atoms. The third-order valence-electron chi connectivity index (χ3n) is 4.21. The number of nitrogens with zero attached hydrogens (tertiary/aromatic N) is 1. The quantitative estimate of drug-likeness (QED) is 0.754. The Morgan fingerprint density at radius 2 is 1.89 bits per heavy atom. The molecule has 1 saturated heterocycles. The van der Waals surface area contributed by atoms with Gasteiger partial charge in [-0.25, -0.2) is 17.9 Å². The van der Waals surface area contributed by atoms with Crippen LogP contribution in [0.25, 0.3) is 0 Å². The summed E-state index contributed by atoms with van der Waals surface area (Å²) in [6.07, 6.45) is 1.12. The van der Waals surface area contributed by atoms with E-state index >= 15 is 0 Å².